The van der Waals surface area contributed by atoms with Gasteiger partial charge >= 0.3 is 0 Å². The molecule has 154 valence electrons. The van der Waals surface area contributed by atoms with Crippen molar-refractivity contribution in [2.75, 3.05) is 19.3 Å². The molecule has 1 aromatic carbocycles. The fourth-order valence-electron chi connectivity index (χ4n) is 6.98. The predicted octanol–water partition coefficient (Wildman–Crippen LogP) is 3.98. The zero-order valence-corrected chi connectivity index (χ0v) is 17.9. The highest BCUT2D eigenvalue weighted by molar-refractivity contribution is 7.88. The first-order valence-corrected chi connectivity index (χ1v) is 13.1. The van der Waals surface area contributed by atoms with Crippen molar-refractivity contribution in [1.82, 2.24) is 9.62 Å². The Balaban J connectivity index is 1.33. The van der Waals surface area contributed by atoms with Crippen molar-refractivity contribution in [3.05, 3.63) is 35.4 Å². The van der Waals surface area contributed by atoms with E-state index in [4.69, 9.17) is 0 Å². The summed E-state index contributed by atoms with van der Waals surface area (Å²) < 4.78 is 26.5. The zero-order valence-electron chi connectivity index (χ0n) is 17.1. The van der Waals surface area contributed by atoms with E-state index in [1.807, 2.05) is 0 Å². The highest BCUT2D eigenvalue weighted by Gasteiger charge is 2.44. The van der Waals surface area contributed by atoms with Gasteiger partial charge in [-0.05, 0) is 86.4 Å². The van der Waals surface area contributed by atoms with Crippen LogP contribution in [0.2, 0.25) is 0 Å². The van der Waals surface area contributed by atoms with E-state index in [1.54, 1.807) is 0 Å². The number of hydrogen-bond acceptors (Lipinski definition) is 3. The maximum atomic E-state index is 11.8. The minimum absolute atomic E-state index is 0.0659. The molecule has 28 heavy (non-hydrogen) atoms. The molecule has 4 nitrogen and oxygen atoms in total. The van der Waals surface area contributed by atoms with Gasteiger partial charge in [-0.3, -0.25) is 0 Å². The molecule has 4 aliphatic rings. The normalized spacial score (nSPS) is 35.0. The third-order valence-corrected chi connectivity index (χ3v) is 9.02. The smallest absolute Gasteiger partial charge is 0.209 e. The van der Waals surface area contributed by atoms with Crippen LogP contribution in [0.15, 0.2) is 24.3 Å². The number of fused-ring (bicyclic) bond motifs is 4. The largest absolute Gasteiger partial charge is 0.300 e. The number of sulfonamides is 1. The lowest BCUT2D eigenvalue weighted by atomic mass is 9.63. The van der Waals surface area contributed by atoms with Crippen molar-refractivity contribution in [3.8, 4) is 0 Å². The number of hydrogen-bond donors (Lipinski definition) is 1. The average molecular weight is 403 g/mol. The van der Waals surface area contributed by atoms with E-state index in [9.17, 15) is 8.42 Å². The van der Waals surface area contributed by atoms with Crippen molar-refractivity contribution in [2.24, 2.45) is 11.8 Å². The minimum atomic E-state index is -3.19. The molecule has 0 amide bonds. The summed E-state index contributed by atoms with van der Waals surface area (Å²) in [7, 11) is -3.19. The van der Waals surface area contributed by atoms with Crippen LogP contribution in [0.25, 0.3) is 0 Å². The van der Waals surface area contributed by atoms with Crippen LogP contribution in [0.1, 0.15) is 75.0 Å². The second-order valence-corrected chi connectivity index (χ2v) is 11.8. The Kier molecular flexibility index (Phi) is 4.84. The molecule has 1 aliphatic heterocycles. The van der Waals surface area contributed by atoms with Gasteiger partial charge in [-0.1, -0.05) is 37.1 Å². The standard InChI is InChI=1S/C23H34N2O2S/c1-28(26,27)24-22-8-9-23(21-5-3-2-4-20(21)22)10-12-25(13-11-23)19-15-17-6-7-18(14-17)16-19/h2-5,17-19,22,24H,6-16H2,1H3/t17-,18?,19?,22+/m1/s1. The summed E-state index contributed by atoms with van der Waals surface area (Å²) in [5, 5.41) is 0. The quantitative estimate of drug-likeness (QED) is 0.832. The maximum absolute atomic E-state index is 11.8. The van der Waals surface area contributed by atoms with Crippen LogP contribution in [-0.2, 0) is 15.4 Å². The molecule has 1 aromatic rings. The van der Waals surface area contributed by atoms with E-state index in [2.05, 4.69) is 33.9 Å². The Hall–Kier alpha value is -0.910. The van der Waals surface area contributed by atoms with Crippen molar-refractivity contribution < 1.29 is 8.42 Å². The van der Waals surface area contributed by atoms with Gasteiger partial charge in [0.05, 0.1) is 6.26 Å². The van der Waals surface area contributed by atoms with Gasteiger partial charge in [0.25, 0.3) is 0 Å². The molecule has 1 spiro atoms. The summed E-state index contributed by atoms with van der Waals surface area (Å²) in [4.78, 5) is 2.80. The van der Waals surface area contributed by atoms with E-state index < -0.39 is 10.0 Å². The molecule has 1 heterocycles. The van der Waals surface area contributed by atoms with Gasteiger partial charge in [-0.25, -0.2) is 13.1 Å². The molecule has 2 unspecified atom stereocenters. The minimum Gasteiger partial charge on any atom is -0.300 e. The van der Waals surface area contributed by atoms with Crippen molar-refractivity contribution in [3.63, 3.8) is 0 Å². The monoisotopic (exact) mass is 402 g/mol. The van der Waals surface area contributed by atoms with Crippen LogP contribution in [0.5, 0.6) is 0 Å². The van der Waals surface area contributed by atoms with Crippen LogP contribution in [-0.4, -0.2) is 38.7 Å². The van der Waals surface area contributed by atoms with Crippen molar-refractivity contribution in [1.29, 1.82) is 0 Å². The fraction of sp³-hybridized carbons (Fsp3) is 0.739. The van der Waals surface area contributed by atoms with Gasteiger partial charge in [0.2, 0.25) is 10.0 Å². The zero-order chi connectivity index (χ0) is 19.4. The predicted molar refractivity (Wildman–Crippen MR) is 113 cm³/mol. The molecule has 2 bridgehead atoms. The molecule has 0 radical (unpaired) electrons. The van der Waals surface area contributed by atoms with Gasteiger partial charge in [0.15, 0.2) is 0 Å². The molecule has 1 N–H and O–H groups in total. The first-order valence-electron chi connectivity index (χ1n) is 11.2. The van der Waals surface area contributed by atoms with Crippen LogP contribution in [0, 0.1) is 11.8 Å². The third kappa shape index (κ3) is 3.54. The molecular formula is C23H34N2O2S. The van der Waals surface area contributed by atoms with Gasteiger partial charge < -0.3 is 4.90 Å². The second-order valence-electron chi connectivity index (χ2n) is 10.1. The highest BCUT2D eigenvalue weighted by atomic mass is 32.2. The van der Waals surface area contributed by atoms with E-state index >= 15 is 0 Å². The van der Waals surface area contributed by atoms with Crippen LogP contribution < -0.4 is 4.72 Å². The number of nitrogens with zero attached hydrogens (tertiary/aromatic N) is 1. The molecule has 5 heteroatoms. The highest BCUT2D eigenvalue weighted by Crippen LogP contribution is 2.50. The number of likely N-dealkylation sites (tertiary alicyclic amines) is 1. The Bertz CT molecular complexity index is 817. The molecule has 0 aromatic heterocycles. The maximum Gasteiger partial charge on any atom is 0.209 e. The molecule has 2 saturated carbocycles. The van der Waals surface area contributed by atoms with E-state index in [0.29, 0.717) is 0 Å². The van der Waals surface area contributed by atoms with Gasteiger partial charge in [0.1, 0.15) is 0 Å². The number of benzene rings is 1. The van der Waals surface area contributed by atoms with E-state index in [1.165, 1.54) is 75.4 Å². The summed E-state index contributed by atoms with van der Waals surface area (Å²) >= 11 is 0. The number of rotatable bonds is 3. The van der Waals surface area contributed by atoms with Crippen molar-refractivity contribution in [2.45, 2.75) is 75.3 Å². The molecule has 3 fully saturated rings. The van der Waals surface area contributed by atoms with E-state index in [-0.39, 0.29) is 11.5 Å². The van der Waals surface area contributed by atoms with Gasteiger partial charge in [-0.2, -0.15) is 0 Å². The summed E-state index contributed by atoms with van der Waals surface area (Å²) in [6.07, 6.45) is 13.0. The average Bonchev–Trinajstić information content (AvgIpc) is 3.02. The van der Waals surface area contributed by atoms with Crippen LogP contribution in [0.3, 0.4) is 0 Å². The first kappa shape index (κ1) is 19.1. The lowest BCUT2D eigenvalue weighted by Gasteiger charge is -2.49. The topological polar surface area (TPSA) is 49.4 Å². The Morgan fingerprint density at radius 1 is 0.964 bits per heavy atom. The molecule has 1 saturated heterocycles. The SMILES string of the molecule is CS(=O)(=O)N[C@H]1CCC2(CCN(C3CC4CC[C@H](C4)C3)CC2)c2ccccc21. The lowest BCUT2D eigenvalue weighted by molar-refractivity contribution is 0.0679. The van der Waals surface area contributed by atoms with Gasteiger partial charge in [-0.15, -0.1) is 0 Å². The van der Waals surface area contributed by atoms with Crippen LogP contribution in [0.4, 0.5) is 0 Å². The summed E-state index contributed by atoms with van der Waals surface area (Å²) in [5.74, 6) is 2.00. The van der Waals surface area contributed by atoms with Gasteiger partial charge in [0, 0.05) is 12.1 Å². The summed E-state index contributed by atoms with van der Waals surface area (Å²) in [6.45, 7) is 2.42. The molecule has 3 aliphatic carbocycles. The van der Waals surface area contributed by atoms with Crippen LogP contribution >= 0.6 is 0 Å². The molecule has 4 atom stereocenters. The van der Waals surface area contributed by atoms with E-state index in [0.717, 1.165) is 30.7 Å². The summed E-state index contributed by atoms with van der Waals surface area (Å²) in [6, 6.07) is 9.36. The van der Waals surface area contributed by atoms with Crippen molar-refractivity contribution >= 4 is 10.0 Å². The lowest BCUT2D eigenvalue weighted by Crippen LogP contribution is -2.50. The molecule has 5 rings (SSSR count). The Labute approximate surface area is 170 Å². The Morgan fingerprint density at radius 2 is 1.64 bits per heavy atom. The third-order valence-electron chi connectivity index (χ3n) is 8.31. The first-order chi connectivity index (χ1) is 13.4. The number of nitrogens with one attached hydrogen (secondary N) is 1. The molecular weight excluding hydrogens is 368 g/mol. The number of piperidine rings is 1. The fourth-order valence-corrected chi connectivity index (χ4v) is 7.74. The second kappa shape index (κ2) is 7.10. The Morgan fingerprint density at radius 3 is 2.32 bits per heavy atom. The summed E-state index contributed by atoms with van der Waals surface area (Å²) in [5.41, 5.74) is 2.87.